The van der Waals surface area contributed by atoms with E-state index in [0.29, 0.717) is 11.7 Å². The molecule has 2 nitrogen and oxygen atoms in total. The second kappa shape index (κ2) is 5.91. The van der Waals surface area contributed by atoms with E-state index >= 15 is 0 Å². The maximum absolute atomic E-state index is 10.1. The molecule has 0 bridgehead atoms. The van der Waals surface area contributed by atoms with Crippen molar-refractivity contribution >= 4 is 11.9 Å². The van der Waals surface area contributed by atoms with Crippen molar-refractivity contribution in [3.05, 3.63) is 58.7 Å². The van der Waals surface area contributed by atoms with Gasteiger partial charge in [-0.15, -0.1) is 0 Å². The van der Waals surface area contributed by atoms with Crippen molar-refractivity contribution in [3.8, 4) is 5.75 Å². The summed E-state index contributed by atoms with van der Waals surface area (Å²) in [6.45, 7) is 8.23. The maximum atomic E-state index is 10.1. The molecular weight excluding hydrogens is 246 g/mol. The largest absolute Gasteiger partial charge is 0.507 e. The van der Waals surface area contributed by atoms with E-state index in [1.165, 1.54) is 5.56 Å². The summed E-state index contributed by atoms with van der Waals surface area (Å²) in [5, 5.41) is 10.1. The highest BCUT2D eigenvalue weighted by Gasteiger charge is 2.06. The van der Waals surface area contributed by atoms with Gasteiger partial charge in [-0.25, -0.2) is 0 Å². The molecule has 2 rings (SSSR count). The third-order valence-electron chi connectivity index (χ3n) is 3.38. The first-order valence-corrected chi connectivity index (χ1v) is 6.92. The minimum Gasteiger partial charge on any atom is -0.507 e. The summed E-state index contributed by atoms with van der Waals surface area (Å²) in [7, 11) is 0. The van der Waals surface area contributed by atoms with Gasteiger partial charge in [0, 0.05) is 11.8 Å². The fourth-order valence-electron chi connectivity index (χ4n) is 2.32. The SMILES string of the molecule is Cc1cc(C)c(O)c(C=Nc2ccccc2C(C)C)c1. The van der Waals surface area contributed by atoms with Crippen molar-refractivity contribution in [3.63, 3.8) is 0 Å². The summed E-state index contributed by atoms with van der Waals surface area (Å²) in [4.78, 5) is 4.56. The van der Waals surface area contributed by atoms with Crippen LogP contribution in [0.1, 0.15) is 42.0 Å². The molecule has 1 N–H and O–H groups in total. The van der Waals surface area contributed by atoms with Crippen LogP contribution in [0.2, 0.25) is 0 Å². The van der Waals surface area contributed by atoms with Crippen LogP contribution in [0.25, 0.3) is 0 Å². The van der Waals surface area contributed by atoms with Gasteiger partial charge >= 0.3 is 0 Å². The van der Waals surface area contributed by atoms with Gasteiger partial charge in [0.1, 0.15) is 5.75 Å². The molecule has 2 heteroatoms. The van der Waals surface area contributed by atoms with Crippen molar-refractivity contribution in [2.45, 2.75) is 33.6 Å². The number of para-hydroxylation sites is 1. The number of hydrogen-bond donors (Lipinski definition) is 1. The Morgan fingerprint density at radius 1 is 1.10 bits per heavy atom. The number of aromatic hydroxyl groups is 1. The molecule has 0 aromatic heterocycles. The quantitative estimate of drug-likeness (QED) is 0.789. The van der Waals surface area contributed by atoms with Crippen LogP contribution in [0.5, 0.6) is 5.75 Å². The van der Waals surface area contributed by atoms with Crippen LogP contribution < -0.4 is 0 Å². The lowest BCUT2D eigenvalue weighted by molar-refractivity contribution is 0.470. The zero-order chi connectivity index (χ0) is 14.7. The Morgan fingerprint density at radius 3 is 2.50 bits per heavy atom. The Kier molecular flexibility index (Phi) is 4.23. The van der Waals surface area contributed by atoms with Gasteiger partial charge < -0.3 is 5.11 Å². The van der Waals surface area contributed by atoms with E-state index in [2.05, 4.69) is 24.9 Å². The Morgan fingerprint density at radius 2 is 1.80 bits per heavy atom. The minimum atomic E-state index is 0.307. The van der Waals surface area contributed by atoms with E-state index in [1.54, 1.807) is 6.21 Å². The van der Waals surface area contributed by atoms with Gasteiger partial charge in [0.25, 0.3) is 0 Å². The first kappa shape index (κ1) is 14.3. The summed E-state index contributed by atoms with van der Waals surface area (Å²) in [6.07, 6.45) is 1.75. The summed E-state index contributed by atoms with van der Waals surface area (Å²) in [6, 6.07) is 12.0. The van der Waals surface area contributed by atoms with Crippen LogP contribution in [0, 0.1) is 13.8 Å². The number of rotatable bonds is 3. The van der Waals surface area contributed by atoms with E-state index in [4.69, 9.17) is 0 Å². The fourth-order valence-corrected chi connectivity index (χ4v) is 2.32. The Balaban J connectivity index is 2.40. The van der Waals surface area contributed by atoms with E-state index < -0.39 is 0 Å². The Hall–Kier alpha value is -2.09. The van der Waals surface area contributed by atoms with Crippen molar-refractivity contribution in [1.82, 2.24) is 0 Å². The first-order valence-electron chi connectivity index (χ1n) is 6.92. The van der Waals surface area contributed by atoms with Crippen LogP contribution >= 0.6 is 0 Å². The molecular formula is C18H21NO. The molecule has 2 aromatic carbocycles. The standard InChI is InChI=1S/C18H21NO/c1-12(2)16-7-5-6-8-17(16)19-11-15-10-13(3)9-14(4)18(15)20/h5-12,20H,1-4H3. The topological polar surface area (TPSA) is 32.6 Å². The van der Waals surface area contributed by atoms with E-state index in [1.807, 2.05) is 44.2 Å². The Labute approximate surface area is 120 Å². The van der Waals surface area contributed by atoms with E-state index in [-0.39, 0.29) is 0 Å². The van der Waals surface area contributed by atoms with Crippen LogP contribution in [0.4, 0.5) is 5.69 Å². The average molecular weight is 267 g/mol. The minimum absolute atomic E-state index is 0.307. The van der Waals surface area contributed by atoms with E-state index in [0.717, 1.165) is 22.4 Å². The molecule has 0 aliphatic carbocycles. The molecule has 0 unspecified atom stereocenters. The normalized spacial score (nSPS) is 11.4. The van der Waals surface area contributed by atoms with Crippen molar-refractivity contribution in [2.75, 3.05) is 0 Å². The molecule has 0 heterocycles. The smallest absolute Gasteiger partial charge is 0.127 e. The van der Waals surface area contributed by atoms with Gasteiger partial charge in [-0.3, -0.25) is 4.99 Å². The summed E-state index contributed by atoms with van der Waals surface area (Å²) >= 11 is 0. The van der Waals surface area contributed by atoms with E-state index in [9.17, 15) is 5.11 Å². The lowest BCUT2D eigenvalue weighted by Gasteiger charge is -2.09. The zero-order valence-electron chi connectivity index (χ0n) is 12.5. The van der Waals surface area contributed by atoms with Crippen LogP contribution in [-0.4, -0.2) is 11.3 Å². The third-order valence-corrected chi connectivity index (χ3v) is 3.38. The molecule has 0 amide bonds. The maximum Gasteiger partial charge on any atom is 0.127 e. The average Bonchev–Trinajstić information content (AvgIpc) is 2.41. The second-order valence-corrected chi connectivity index (χ2v) is 5.49. The van der Waals surface area contributed by atoms with Gasteiger partial charge in [0.15, 0.2) is 0 Å². The molecule has 2 aromatic rings. The van der Waals surface area contributed by atoms with Crippen LogP contribution in [0.3, 0.4) is 0 Å². The molecule has 0 saturated heterocycles. The predicted octanol–water partition coefficient (Wildman–Crippen LogP) is 4.88. The van der Waals surface area contributed by atoms with Crippen molar-refractivity contribution in [1.29, 1.82) is 0 Å². The van der Waals surface area contributed by atoms with Crippen molar-refractivity contribution < 1.29 is 5.11 Å². The number of aliphatic imine (C=N–C) groups is 1. The second-order valence-electron chi connectivity index (χ2n) is 5.49. The molecule has 20 heavy (non-hydrogen) atoms. The van der Waals surface area contributed by atoms with Crippen LogP contribution in [0.15, 0.2) is 41.4 Å². The summed E-state index contributed by atoms with van der Waals surface area (Å²) in [5.41, 5.74) is 4.94. The van der Waals surface area contributed by atoms with Gasteiger partial charge in [0.05, 0.1) is 5.69 Å². The monoisotopic (exact) mass is 267 g/mol. The van der Waals surface area contributed by atoms with Gasteiger partial charge in [-0.1, -0.05) is 38.1 Å². The lowest BCUT2D eigenvalue weighted by Crippen LogP contribution is -1.90. The molecule has 0 aliphatic rings. The summed E-state index contributed by atoms with van der Waals surface area (Å²) < 4.78 is 0. The number of aryl methyl sites for hydroxylation is 2. The molecule has 0 fully saturated rings. The molecule has 0 radical (unpaired) electrons. The van der Waals surface area contributed by atoms with Gasteiger partial charge in [-0.05, 0) is 48.6 Å². The summed E-state index contributed by atoms with van der Waals surface area (Å²) in [5.74, 6) is 0.734. The Bertz CT molecular complexity index is 642. The third kappa shape index (κ3) is 3.08. The molecule has 0 aliphatic heterocycles. The molecule has 0 saturated carbocycles. The van der Waals surface area contributed by atoms with Gasteiger partial charge in [0.2, 0.25) is 0 Å². The fraction of sp³-hybridized carbons (Fsp3) is 0.278. The number of benzene rings is 2. The molecule has 0 atom stereocenters. The number of hydrogen-bond acceptors (Lipinski definition) is 2. The number of phenolic OH excluding ortho intramolecular Hbond substituents is 1. The highest BCUT2D eigenvalue weighted by molar-refractivity contribution is 5.86. The molecule has 0 spiro atoms. The lowest BCUT2D eigenvalue weighted by atomic mass is 10.0. The highest BCUT2D eigenvalue weighted by Crippen LogP contribution is 2.27. The first-order chi connectivity index (χ1) is 9.49. The zero-order valence-corrected chi connectivity index (χ0v) is 12.5. The highest BCUT2D eigenvalue weighted by atomic mass is 16.3. The predicted molar refractivity (Wildman–Crippen MR) is 85.4 cm³/mol. The number of nitrogens with zero attached hydrogens (tertiary/aromatic N) is 1. The number of phenols is 1. The van der Waals surface area contributed by atoms with Gasteiger partial charge in [-0.2, -0.15) is 0 Å². The molecule has 104 valence electrons. The van der Waals surface area contributed by atoms with Crippen LogP contribution in [-0.2, 0) is 0 Å². The van der Waals surface area contributed by atoms with Crippen molar-refractivity contribution in [2.24, 2.45) is 4.99 Å².